The molecule has 2 aromatic rings. The first kappa shape index (κ1) is 23.4. The summed E-state index contributed by atoms with van der Waals surface area (Å²) >= 11 is 6.34. The third-order valence-electron chi connectivity index (χ3n) is 4.05. The average molecular weight is 507 g/mol. The Hall–Kier alpha value is -1.61. The summed E-state index contributed by atoms with van der Waals surface area (Å²) in [5.41, 5.74) is 2.20. The van der Waals surface area contributed by atoms with E-state index < -0.39 is 0 Å². The maximum atomic E-state index is 6.34. The van der Waals surface area contributed by atoms with E-state index >= 15 is 0 Å². The van der Waals surface area contributed by atoms with Crippen molar-refractivity contribution in [1.29, 1.82) is 0 Å². The van der Waals surface area contributed by atoms with Gasteiger partial charge in [0.25, 0.3) is 0 Å². The number of rotatable bonds is 7. The molecular weight excluding hydrogens is 479 g/mol. The van der Waals surface area contributed by atoms with E-state index in [4.69, 9.17) is 21.1 Å². The van der Waals surface area contributed by atoms with Crippen molar-refractivity contribution in [2.45, 2.75) is 20.0 Å². The minimum absolute atomic E-state index is 0. The van der Waals surface area contributed by atoms with Crippen LogP contribution in [0.2, 0.25) is 5.02 Å². The standard InChI is InChI=1S/C19H27ClN4O2.HI/c1-6-26-18-16(20)10-14(11-17(18)25-5)12-22-19(21-2)24(4)13-15-8-7-9-23(15)3;/h7-11H,6,12-13H2,1-5H3,(H,21,22);1H. The molecule has 0 aliphatic carbocycles. The fourth-order valence-corrected chi connectivity index (χ4v) is 2.99. The van der Waals surface area contributed by atoms with Gasteiger partial charge < -0.3 is 24.3 Å². The van der Waals surface area contributed by atoms with Crippen LogP contribution in [0, 0.1) is 0 Å². The zero-order valence-corrected chi connectivity index (χ0v) is 19.5. The number of methoxy groups -OCH3 is 1. The number of halogens is 2. The van der Waals surface area contributed by atoms with Crippen LogP contribution in [0.1, 0.15) is 18.2 Å². The number of aryl methyl sites for hydroxylation is 1. The van der Waals surface area contributed by atoms with Gasteiger partial charge in [-0.25, -0.2) is 0 Å². The molecule has 1 heterocycles. The zero-order valence-electron chi connectivity index (χ0n) is 16.5. The van der Waals surface area contributed by atoms with E-state index in [-0.39, 0.29) is 24.0 Å². The number of hydrogen-bond acceptors (Lipinski definition) is 3. The monoisotopic (exact) mass is 506 g/mol. The second-order valence-corrected chi connectivity index (χ2v) is 6.32. The van der Waals surface area contributed by atoms with Gasteiger partial charge in [0.15, 0.2) is 17.5 Å². The molecule has 0 amide bonds. The van der Waals surface area contributed by atoms with Crippen molar-refractivity contribution in [3.8, 4) is 11.5 Å². The SMILES string of the molecule is CCOc1c(Cl)cc(CNC(=NC)N(C)Cc2cccn2C)cc1OC.I. The summed E-state index contributed by atoms with van der Waals surface area (Å²) in [6, 6.07) is 7.94. The fraction of sp³-hybridized carbons (Fsp3) is 0.421. The van der Waals surface area contributed by atoms with Crippen LogP contribution in [0.4, 0.5) is 0 Å². The minimum Gasteiger partial charge on any atom is -0.493 e. The molecule has 0 fully saturated rings. The first-order chi connectivity index (χ1) is 12.5. The normalized spacial score (nSPS) is 11.0. The largest absolute Gasteiger partial charge is 0.493 e. The first-order valence-electron chi connectivity index (χ1n) is 8.51. The summed E-state index contributed by atoms with van der Waals surface area (Å²) in [5, 5.41) is 3.90. The lowest BCUT2D eigenvalue weighted by atomic mass is 10.2. The van der Waals surface area contributed by atoms with Gasteiger partial charge in [-0.2, -0.15) is 0 Å². The molecule has 0 unspecified atom stereocenters. The number of aliphatic imine (C=N–C) groups is 1. The third-order valence-corrected chi connectivity index (χ3v) is 4.33. The predicted molar refractivity (Wildman–Crippen MR) is 122 cm³/mol. The average Bonchev–Trinajstić information content (AvgIpc) is 3.02. The summed E-state index contributed by atoms with van der Waals surface area (Å²) in [7, 11) is 7.43. The van der Waals surface area contributed by atoms with Gasteiger partial charge >= 0.3 is 0 Å². The van der Waals surface area contributed by atoms with Crippen molar-refractivity contribution in [3.63, 3.8) is 0 Å². The predicted octanol–water partition coefficient (Wildman–Crippen LogP) is 3.91. The highest BCUT2D eigenvalue weighted by Crippen LogP contribution is 2.36. The van der Waals surface area contributed by atoms with Gasteiger partial charge in [0.1, 0.15) is 0 Å². The number of ether oxygens (including phenoxy) is 2. The van der Waals surface area contributed by atoms with Gasteiger partial charge in [0.2, 0.25) is 0 Å². The highest BCUT2D eigenvalue weighted by Gasteiger charge is 2.13. The molecule has 6 nitrogen and oxygen atoms in total. The molecule has 1 aromatic carbocycles. The van der Waals surface area contributed by atoms with E-state index in [2.05, 4.69) is 25.8 Å². The van der Waals surface area contributed by atoms with Gasteiger partial charge in [-0.1, -0.05) is 11.6 Å². The Morgan fingerprint density at radius 3 is 2.67 bits per heavy atom. The Labute approximate surface area is 183 Å². The van der Waals surface area contributed by atoms with Crippen LogP contribution in [0.15, 0.2) is 35.5 Å². The van der Waals surface area contributed by atoms with Gasteiger partial charge in [-0.15, -0.1) is 24.0 Å². The number of nitrogens with one attached hydrogen (secondary N) is 1. The number of aromatic nitrogens is 1. The van der Waals surface area contributed by atoms with Crippen LogP contribution in [-0.4, -0.2) is 43.2 Å². The van der Waals surface area contributed by atoms with Gasteiger partial charge in [-0.3, -0.25) is 4.99 Å². The Balaban J connectivity index is 0.00000364. The Morgan fingerprint density at radius 2 is 2.11 bits per heavy atom. The molecule has 1 aromatic heterocycles. The van der Waals surface area contributed by atoms with Crippen molar-refractivity contribution in [2.75, 3.05) is 27.8 Å². The number of benzene rings is 1. The van der Waals surface area contributed by atoms with Crippen molar-refractivity contribution in [1.82, 2.24) is 14.8 Å². The van der Waals surface area contributed by atoms with Crippen LogP contribution in [0.25, 0.3) is 0 Å². The second kappa shape index (κ2) is 11.3. The van der Waals surface area contributed by atoms with Gasteiger partial charge in [0, 0.05) is 39.6 Å². The van der Waals surface area contributed by atoms with Crippen molar-refractivity contribution < 1.29 is 9.47 Å². The number of hydrogen-bond donors (Lipinski definition) is 1. The lowest BCUT2D eigenvalue weighted by Gasteiger charge is -2.22. The molecule has 27 heavy (non-hydrogen) atoms. The lowest BCUT2D eigenvalue weighted by molar-refractivity contribution is 0.311. The third kappa shape index (κ3) is 6.21. The molecule has 0 saturated heterocycles. The van der Waals surface area contributed by atoms with Crippen molar-refractivity contribution in [3.05, 3.63) is 46.7 Å². The summed E-state index contributed by atoms with van der Waals surface area (Å²) in [5.74, 6) is 2.00. The molecule has 0 aliphatic rings. The summed E-state index contributed by atoms with van der Waals surface area (Å²) in [4.78, 5) is 6.43. The molecule has 2 rings (SSSR count). The maximum absolute atomic E-state index is 6.34. The topological polar surface area (TPSA) is 51.0 Å². The van der Waals surface area contributed by atoms with Crippen molar-refractivity contribution in [2.24, 2.45) is 12.0 Å². The molecule has 0 radical (unpaired) electrons. The Bertz CT molecular complexity index is 764. The highest BCUT2D eigenvalue weighted by atomic mass is 127. The van der Waals surface area contributed by atoms with E-state index in [1.165, 1.54) is 5.69 Å². The van der Waals surface area contributed by atoms with E-state index in [9.17, 15) is 0 Å². The quantitative estimate of drug-likeness (QED) is 0.351. The minimum atomic E-state index is 0. The number of guanidine groups is 1. The molecule has 0 aliphatic heterocycles. The first-order valence-corrected chi connectivity index (χ1v) is 8.89. The maximum Gasteiger partial charge on any atom is 0.194 e. The molecular formula is C19H28ClIN4O2. The smallest absolute Gasteiger partial charge is 0.194 e. The van der Waals surface area contributed by atoms with E-state index in [1.54, 1.807) is 14.2 Å². The van der Waals surface area contributed by atoms with Crippen molar-refractivity contribution >= 4 is 41.5 Å². The van der Waals surface area contributed by atoms with Crippen LogP contribution >= 0.6 is 35.6 Å². The molecule has 150 valence electrons. The molecule has 0 bridgehead atoms. The van der Waals surface area contributed by atoms with Gasteiger partial charge in [-0.05, 0) is 36.8 Å². The van der Waals surface area contributed by atoms with E-state index in [0.29, 0.717) is 29.7 Å². The zero-order chi connectivity index (χ0) is 19.1. The molecule has 8 heteroatoms. The summed E-state index contributed by atoms with van der Waals surface area (Å²) < 4.78 is 13.1. The molecule has 1 N–H and O–H groups in total. The van der Waals surface area contributed by atoms with Crippen LogP contribution in [0.3, 0.4) is 0 Å². The van der Waals surface area contributed by atoms with Gasteiger partial charge in [0.05, 0.1) is 25.3 Å². The highest BCUT2D eigenvalue weighted by molar-refractivity contribution is 14.0. The fourth-order valence-electron chi connectivity index (χ4n) is 2.70. The lowest BCUT2D eigenvalue weighted by Crippen LogP contribution is -2.38. The number of nitrogens with zero attached hydrogens (tertiary/aromatic N) is 3. The summed E-state index contributed by atoms with van der Waals surface area (Å²) in [6.07, 6.45) is 2.04. The second-order valence-electron chi connectivity index (χ2n) is 5.91. The van der Waals surface area contributed by atoms with E-state index in [1.807, 2.05) is 45.4 Å². The molecule has 0 spiro atoms. The molecule has 0 atom stereocenters. The summed E-state index contributed by atoms with van der Waals surface area (Å²) in [6.45, 7) is 3.78. The van der Waals surface area contributed by atoms with E-state index in [0.717, 1.165) is 18.1 Å². The van der Waals surface area contributed by atoms with Crippen LogP contribution < -0.4 is 14.8 Å². The molecule has 0 saturated carbocycles. The van der Waals surface area contributed by atoms with Crippen LogP contribution in [0.5, 0.6) is 11.5 Å². The van der Waals surface area contributed by atoms with Crippen LogP contribution in [-0.2, 0) is 20.1 Å². The Morgan fingerprint density at radius 1 is 1.37 bits per heavy atom. The Kier molecular flexibility index (Phi) is 9.79.